The maximum atomic E-state index is 5.84. The van der Waals surface area contributed by atoms with E-state index >= 15 is 0 Å². The van der Waals surface area contributed by atoms with Crippen LogP contribution in [0.1, 0.15) is 11.3 Å². The Morgan fingerprint density at radius 1 is 1.08 bits per heavy atom. The van der Waals surface area contributed by atoms with Gasteiger partial charge in [0.25, 0.3) is 0 Å². The van der Waals surface area contributed by atoms with Gasteiger partial charge in [-0.1, -0.05) is 54.7 Å². The molecule has 0 aliphatic carbocycles. The molecule has 2 heterocycles. The van der Waals surface area contributed by atoms with Crippen molar-refractivity contribution < 1.29 is 0 Å². The summed E-state index contributed by atoms with van der Waals surface area (Å²) in [7, 11) is 0. The van der Waals surface area contributed by atoms with Crippen LogP contribution in [0.4, 0.5) is 0 Å². The van der Waals surface area contributed by atoms with Crippen LogP contribution in [0.3, 0.4) is 0 Å². The quantitative estimate of drug-likeness (QED) is 0.570. The number of nitrogens with zero attached hydrogens (tertiary/aromatic N) is 2. The van der Waals surface area contributed by atoms with E-state index in [1.165, 1.54) is 10.8 Å². The summed E-state index contributed by atoms with van der Waals surface area (Å²) in [4.78, 5) is 5.36. The Balaban J connectivity index is 1.99. The van der Waals surface area contributed by atoms with Gasteiger partial charge in [-0.15, -0.1) is 0 Å². The van der Waals surface area contributed by atoms with Gasteiger partial charge < -0.3 is 10.1 Å². The molecule has 2 aromatic carbocycles. The summed E-state index contributed by atoms with van der Waals surface area (Å²) in [5, 5.41) is 2.42. The molecule has 0 aliphatic heterocycles. The molecule has 24 heavy (non-hydrogen) atoms. The highest BCUT2D eigenvalue weighted by Crippen LogP contribution is 2.29. The fourth-order valence-corrected chi connectivity index (χ4v) is 3.29. The van der Waals surface area contributed by atoms with Crippen molar-refractivity contribution in [2.24, 2.45) is 5.73 Å². The number of hydrogen-bond donors (Lipinski definition) is 1. The Labute approximate surface area is 145 Å². The fourth-order valence-electron chi connectivity index (χ4n) is 3.15. The Morgan fingerprint density at radius 3 is 2.67 bits per heavy atom. The predicted molar refractivity (Wildman–Crippen MR) is 103 cm³/mol. The van der Waals surface area contributed by atoms with E-state index in [4.69, 9.17) is 22.9 Å². The number of hydrogen-bond acceptors (Lipinski definition) is 2. The molecule has 4 heteroatoms. The Hall–Kier alpha value is -2.72. The first-order valence-electron chi connectivity index (χ1n) is 7.87. The second kappa shape index (κ2) is 5.73. The average Bonchev–Trinajstić information content (AvgIpc) is 2.94. The van der Waals surface area contributed by atoms with Gasteiger partial charge in [0.05, 0.1) is 16.4 Å². The lowest BCUT2D eigenvalue weighted by atomic mass is 10.0. The summed E-state index contributed by atoms with van der Waals surface area (Å²) >= 11 is 5.16. The average molecular weight is 331 g/mol. The third-order valence-electron chi connectivity index (χ3n) is 4.31. The van der Waals surface area contributed by atoms with Crippen LogP contribution in [0, 0.1) is 6.92 Å². The van der Waals surface area contributed by atoms with Gasteiger partial charge in [-0.2, -0.15) is 0 Å². The van der Waals surface area contributed by atoms with Crippen molar-refractivity contribution in [1.82, 2.24) is 9.38 Å². The standard InChI is InChI=1S/C20H17N3S/c1-13-5-4-10-23-17(12-18(21)24)19(22-20(13)23)16-9-8-14-6-2-3-7-15(14)11-16/h2-11H,12H2,1H3,(H2,21,24). The van der Waals surface area contributed by atoms with Gasteiger partial charge >= 0.3 is 0 Å². The normalized spacial score (nSPS) is 11.2. The van der Waals surface area contributed by atoms with Crippen LogP contribution in [-0.2, 0) is 6.42 Å². The molecule has 4 rings (SSSR count). The maximum Gasteiger partial charge on any atom is 0.140 e. The smallest absolute Gasteiger partial charge is 0.140 e. The lowest BCUT2D eigenvalue weighted by molar-refractivity contribution is 1.06. The van der Waals surface area contributed by atoms with E-state index in [0.29, 0.717) is 11.4 Å². The topological polar surface area (TPSA) is 43.3 Å². The van der Waals surface area contributed by atoms with Crippen LogP contribution in [0.25, 0.3) is 27.7 Å². The van der Waals surface area contributed by atoms with Gasteiger partial charge in [0.1, 0.15) is 5.65 Å². The van der Waals surface area contributed by atoms with E-state index in [9.17, 15) is 0 Å². The molecule has 0 unspecified atom stereocenters. The van der Waals surface area contributed by atoms with Gasteiger partial charge in [-0.05, 0) is 35.4 Å². The van der Waals surface area contributed by atoms with E-state index in [0.717, 1.165) is 28.2 Å². The van der Waals surface area contributed by atoms with Gasteiger partial charge in [0, 0.05) is 18.2 Å². The molecule has 0 fully saturated rings. The summed E-state index contributed by atoms with van der Waals surface area (Å²) in [6.07, 6.45) is 2.55. The first-order chi connectivity index (χ1) is 11.6. The Kier molecular flexibility index (Phi) is 3.54. The first-order valence-corrected chi connectivity index (χ1v) is 8.28. The highest BCUT2D eigenvalue weighted by molar-refractivity contribution is 7.80. The number of rotatable bonds is 3. The van der Waals surface area contributed by atoms with Crippen LogP contribution in [-0.4, -0.2) is 14.4 Å². The van der Waals surface area contributed by atoms with Gasteiger partial charge in [-0.25, -0.2) is 4.98 Å². The van der Waals surface area contributed by atoms with Crippen molar-refractivity contribution in [2.75, 3.05) is 0 Å². The molecule has 0 bridgehead atoms. The first kappa shape index (κ1) is 14.8. The minimum atomic E-state index is 0.473. The monoisotopic (exact) mass is 331 g/mol. The van der Waals surface area contributed by atoms with Gasteiger partial charge in [0.2, 0.25) is 0 Å². The summed E-state index contributed by atoms with van der Waals surface area (Å²) in [6, 6.07) is 18.8. The molecular formula is C20H17N3S. The summed E-state index contributed by atoms with van der Waals surface area (Å²) in [5.41, 5.74) is 11.0. The van der Waals surface area contributed by atoms with Crippen molar-refractivity contribution in [3.8, 4) is 11.3 Å². The zero-order chi connectivity index (χ0) is 16.7. The molecule has 0 saturated heterocycles. The second-order valence-corrected chi connectivity index (χ2v) is 6.52. The summed E-state index contributed by atoms with van der Waals surface area (Å²) in [5.74, 6) is 0. The SMILES string of the molecule is Cc1cccn2c(CC(N)=S)c(-c3ccc4ccccc4c3)nc12. The zero-order valence-corrected chi connectivity index (χ0v) is 14.2. The number of nitrogens with two attached hydrogens (primary N) is 1. The summed E-state index contributed by atoms with van der Waals surface area (Å²) in [6.45, 7) is 2.07. The highest BCUT2D eigenvalue weighted by atomic mass is 32.1. The van der Waals surface area contributed by atoms with Crippen LogP contribution >= 0.6 is 12.2 Å². The lowest BCUT2D eigenvalue weighted by Gasteiger charge is -2.06. The van der Waals surface area contributed by atoms with Gasteiger partial charge in [0.15, 0.2) is 0 Å². The van der Waals surface area contributed by atoms with Crippen molar-refractivity contribution in [3.63, 3.8) is 0 Å². The minimum Gasteiger partial charge on any atom is -0.393 e. The molecule has 0 atom stereocenters. The third kappa shape index (κ3) is 2.45. The third-order valence-corrected chi connectivity index (χ3v) is 4.45. The van der Waals surface area contributed by atoms with Crippen LogP contribution < -0.4 is 5.73 Å². The van der Waals surface area contributed by atoms with Crippen molar-refractivity contribution in [3.05, 3.63) is 72.1 Å². The molecule has 0 radical (unpaired) electrons. The number of imidazole rings is 1. The number of thiocarbonyl (C=S) groups is 1. The zero-order valence-electron chi connectivity index (χ0n) is 13.4. The van der Waals surface area contributed by atoms with Crippen molar-refractivity contribution in [1.29, 1.82) is 0 Å². The molecule has 3 nitrogen and oxygen atoms in total. The largest absolute Gasteiger partial charge is 0.393 e. The van der Waals surface area contributed by atoms with E-state index in [-0.39, 0.29) is 0 Å². The molecular weight excluding hydrogens is 314 g/mol. The number of benzene rings is 2. The van der Waals surface area contributed by atoms with Crippen molar-refractivity contribution >= 4 is 33.6 Å². The Morgan fingerprint density at radius 2 is 1.88 bits per heavy atom. The minimum absolute atomic E-state index is 0.473. The van der Waals surface area contributed by atoms with Crippen molar-refractivity contribution in [2.45, 2.75) is 13.3 Å². The molecule has 4 aromatic rings. The number of aryl methyl sites for hydroxylation is 1. The van der Waals surface area contributed by atoms with Crippen LogP contribution in [0.15, 0.2) is 60.8 Å². The van der Waals surface area contributed by atoms with Crippen LogP contribution in [0.2, 0.25) is 0 Å². The second-order valence-electron chi connectivity index (χ2n) is 6.00. The van der Waals surface area contributed by atoms with E-state index in [1.807, 2.05) is 12.3 Å². The molecule has 0 amide bonds. The van der Waals surface area contributed by atoms with E-state index in [2.05, 4.69) is 59.9 Å². The Bertz CT molecular complexity index is 1080. The number of fused-ring (bicyclic) bond motifs is 2. The van der Waals surface area contributed by atoms with E-state index < -0.39 is 0 Å². The number of aromatic nitrogens is 2. The van der Waals surface area contributed by atoms with Gasteiger partial charge in [-0.3, -0.25) is 0 Å². The fraction of sp³-hybridized carbons (Fsp3) is 0.100. The predicted octanol–water partition coefficient (Wildman–Crippen LogP) is 4.29. The molecule has 2 aromatic heterocycles. The molecule has 0 saturated carbocycles. The lowest BCUT2D eigenvalue weighted by Crippen LogP contribution is -2.13. The summed E-state index contributed by atoms with van der Waals surface area (Å²) < 4.78 is 2.10. The molecule has 2 N–H and O–H groups in total. The molecule has 0 spiro atoms. The molecule has 0 aliphatic rings. The highest BCUT2D eigenvalue weighted by Gasteiger charge is 2.16. The van der Waals surface area contributed by atoms with Crippen LogP contribution in [0.5, 0.6) is 0 Å². The van der Waals surface area contributed by atoms with E-state index in [1.54, 1.807) is 0 Å². The molecule has 118 valence electrons. The maximum absolute atomic E-state index is 5.84. The number of pyridine rings is 1.